The Morgan fingerprint density at radius 2 is 1.88 bits per heavy atom. The van der Waals surface area contributed by atoms with Gasteiger partial charge < -0.3 is 10.2 Å². The van der Waals surface area contributed by atoms with Crippen molar-refractivity contribution in [3.05, 3.63) is 45.9 Å². The number of aliphatic imine (C=N–C) groups is 1. The van der Waals surface area contributed by atoms with Crippen molar-refractivity contribution in [3.8, 4) is 0 Å². The van der Waals surface area contributed by atoms with Crippen LogP contribution in [-0.2, 0) is 6.54 Å². The zero-order chi connectivity index (χ0) is 16.1. The van der Waals surface area contributed by atoms with Crippen LogP contribution in [0.1, 0.15) is 34.8 Å². The molecular formula is C18H25IN4S. The molecule has 4 nitrogen and oxygen atoms in total. The van der Waals surface area contributed by atoms with Gasteiger partial charge in [-0.05, 0) is 45.2 Å². The number of aryl methyl sites for hydroxylation is 2. The van der Waals surface area contributed by atoms with Gasteiger partial charge in [-0.1, -0.05) is 18.2 Å². The van der Waals surface area contributed by atoms with Crippen molar-refractivity contribution in [2.24, 2.45) is 4.99 Å². The van der Waals surface area contributed by atoms with Gasteiger partial charge in [-0.15, -0.1) is 35.3 Å². The van der Waals surface area contributed by atoms with E-state index < -0.39 is 0 Å². The summed E-state index contributed by atoms with van der Waals surface area (Å²) >= 11 is 1.74. The fraction of sp³-hybridized carbons (Fsp3) is 0.444. The summed E-state index contributed by atoms with van der Waals surface area (Å²) in [6.07, 6.45) is 3.80. The van der Waals surface area contributed by atoms with E-state index in [1.54, 1.807) is 11.3 Å². The number of anilines is 1. The van der Waals surface area contributed by atoms with Crippen LogP contribution >= 0.6 is 35.3 Å². The van der Waals surface area contributed by atoms with Gasteiger partial charge in [-0.3, -0.25) is 0 Å². The minimum absolute atomic E-state index is 0. The minimum atomic E-state index is 0. The highest BCUT2D eigenvalue weighted by atomic mass is 127. The molecule has 0 saturated carbocycles. The molecule has 0 bridgehead atoms. The summed E-state index contributed by atoms with van der Waals surface area (Å²) in [5.74, 6) is 0.974. The van der Waals surface area contributed by atoms with Crippen molar-refractivity contribution in [2.45, 2.75) is 39.7 Å². The van der Waals surface area contributed by atoms with Gasteiger partial charge in [0.25, 0.3) is 0 Å². The van der Waals surface area contributed by atoms with Crippen LogP contribution in [0.25, 0.3) is 0 Å². The number of halogens is 1. The molecule has 130 valence electrons. The molecule has 1 aliphatic rings. The van der Waals surface area contributed by atoms with Crippen LogP contribution in [0.2, 0.25) is 0 Å². The highest BCUT2D eigenvalue weighted by Crippen LogP contribution is 2.18. The predicted octanol–water partition coefficient (Wildman–Crippen LogP) is 4.83. The Balaban J connectivity index is 0.00000208. The number of rotatable bonds is 3. The average molecular weight is 456 g/mol. The summed E-state index contributed by atoms with van der Waals surface area (Å²) in [6, 6.07) is 10.3. The Morgan fingerprint density at radius 1 is 1.17 bits per heavy atom. The molecule has 0 spiro atoms. The Morgan fingerprint density at radius 3 is 2.50 bits per heavy atom. The van der Waals surface area contributed by atoms with E-state index in [1.165, 1.54) is 24.1 Å². The number of para-hydroxylation sites is 1. The normalized spacial score (nSPS) is 15.1. The first-order valence-electron chi connectivity index (χ1n) is 8.27. The highest BCUT2D eigenvalue weighted by Gasteiger charge is 2.15. The standard InChI is InChI=1S/C18H24N4S.HI/c1-14-15(2)23-17(20-14)13-19-18(22-11-7-4-8-12-22)21-16-9-5-3-6-10-16;/h3,5-6,9-10H,4,7-8,11-13H2,1-2H3,(H,19,21);1H. The Labute approximate surface area is 165 Å². The molecule has 0 aliphatic carbocycles. The molecule has 1 fully saturated rings. The number of nitrogens with zero attached hydrogens (tertiary/aromatic N) is 3. The van der Waals surface area contributed by atoms with E-state index in [2.05, 4.69) is 41.2 Å². The molecule has 1 N–H and O–H groups in total. The SMILES string of the molecule is Cc1nc(CN=C(Nc2ccccc2)N2CCCCC2)sc1C.I. The van der Waals surface area contributed by atoms with E-state index in [0.717, 1.165) is 35.4 Å². The maximum Gasteiger partial charge on any atom is 0.198 e. The van der Waals surface area contributed by atoms with E-state index in [1.807, 2.05) is 18.2 Å². The molecule has 2 aromatic rings. The first-order chi connectivity index (χ1) is 11.2. The van der Waals surface area contributed by atoms with Crippen molar-refractivity contribution < 1.29 is 0 Å². The Kier molecular flexibility index (Phi) is 7.48. The fourth-order valence-corrected chi connectivity index (χ4v) is 3.58. The molecule has 24 heavy (non-hydrogen) atoms. The fourth-order valence-electron chi connectivity index (χ4n) is 2.72. The van der Waals surface area contributed by atoms with Gasteiger partial charge in [-0.2, -0.15) is 0 Å². The number of hydrogen-bond acceptors (Lipinski definition) is 3. The summed E-state index contributed by atoms with van der Waals surface area (Å²) in [4.78, 5) is 13.1. The van der Waals surface area contributed by atoms with Crippen molar-refractivity contribution in [1.82, 2.24) is 9.88 Å². The molecule has 6 heteroatoms. The van der Waals surface area contributed by atoms with Crippen LogP contribution in [-0.4, -0.2) is 28.9 Å². The Hall–Kier alpha value is -1.15. The number of aromatic nitrogens is 1. The number of nitrogens with one attached hydrogen (secondary N) is 1. The summed E-state index contributed by atoms with van der Waals surface area (Å²) in [5, 5.41) is 4.58. The second-order valence-electron chi connectivity index (χ2n) is 5.93. The molecule has 1 aliphatic heterocycles. The van der Waals surface area contributed by atoms with Crippen LogP contribution < -0.4 is 5.32 Å². The monoisotopic (exact) mass is 456 g/mol. The summed E-state index contributed by atoms with van der Waals surface area (Å²) in [6.45, 7) is 6.98. The molecule has 2 heterocycles. The minimum Gasteiger partial charge on any atom is -0.343 e. The van der Waals surface area contributed by atoms with Gasteiger partial charge in [0.05, 0.1) is 12.2 Å². The number of hydrogen-bond donors (Lipinski definition) is 1. The van der Waals surface area contributed by atoms with Gasteiger partial charge in [0.15, 0.2) is 5.96 Å². The van der Waals surface area contributed by atoms with Crippen molar-refractivity contribution in [1.29, 1.82) is 0 Å². The van der Waals surface area contributed by atoms with E-state index in [-0.39, 0.29) is 24.0 Å². The maximum absolute atomic E-state index is 4.85. The van der Waals surface area contributed by atoms with Gasteiger partial charge in [0.1, 0.15) is 5.01 Å². The zero-order valence-corrected chi connectivity index (χ0v) is 17.4. The zero-order valence-electron chi connectivity index (χ0n) is 14.3. The summed E-state index contributed by atoms with van der Waals surface area (Å²) in [5.41, 5.74) is 2.21. The Bertz CT molecular complexity index is 643. The van der Waals surface area contributed by atoms with Gasteiger partial charge >= 0.3 is 0 Å². The lowest BCUT2D eigenvalue weighted by Gasteiger charge is -2.30. The van der Waals surface area contributed by atoms with Crippen molar-refractivity contribution in [3.63, 3.8) is 0 Å². The molecule has 3 rings (SSSR count). The molecule has 0 atom stereocenters. The summed E-state index contributed by atoms with van der Waals surface area (Å²) in [7, 11) is 0. The lowest BCUT2D eigenvalue weighted by Crippen LogP contribution is -2.40. The van der Waals surface area contributed by atoms with Crippen molar-refractivity contribution >= 4 is 47.0 Å². The lowest BCUT2D eigenvalue weighted by molar-refractivity contribution is 0.340. The molecule has 1 aromatic heterocycles. The van der Waals surface area contributed by atoms with E-state index >= 15 is 0 Å². The van der Waals surface area contributed by atoms with Gasteiger partial charge in [0.2, 0.25) is 0 Å². The van der Waals surface area contributed by atoms with Crippen molar-refractivity contribution in [2.75, 3.05) is 18.4 Å². The van der Waals surface area contributed by atoms with Crippen LogP contribution in [0.3, 0.4) is 0 Å². The third-order valence-corrected chi connectivity index (χ3v) is 5.18. The largest absolute Gasteiger partial charge is 0.343 e. The van der Waals surface area contributed by atoms with Crippen LogP contribution in [0.15, 0.2) is 35.3 Å². The number of thiazole rings is 1. The van der Waals surface area contributed by atoms with E-state index in [4.69, 9.17) is 4.99 Å². The number of piperidine rings is 1. The number of likely N-dealkylation sites (tertiary alicyclic amines) is 1. The van der Waals surface area contributed by atoms with Crippen LogP contribution in [0.4, 0.5) is 5.69 Å². The highest BCUT2D eigenvalue weighted by molar-refractivity contribution is 14.0. The summed E-state index contributed by atoms with van der Waals surface area (Å²) < 4.78 is 0. The van der Waals surface area contributed by atoms with Crippen LogP contribution in [0.5, 0.6) is 0 Å². The molecule has 1 aromatic carbocycles. The molecule has 0 radical (unpaired) electrons. The smallest absolute Gasteiger partial charge is 0.198 e. The third kappa shape index (κ3) is 5.17. The van der Waals surface area contributed by atoms with Gasteiger partial charge in [-0.25, -0.2) is 9.98 Å². The molecule has 1 saturated heterocycles. The number of benzene rings is 1. The van der Waals surface area contributed by atoms with Gasteiger partial charge in [0, 0.05) is 23.7 Å². The van der Waals surface area contributed by atoms with Crippen LogP contribution in [0, 0.1) is 13.8 Å². The predicted molar refractivity (Wildman–Crippen MR) is 114 cm³/mol. The topological polar surface area (TPSA) is 40.5 Å². The molecular weight excluding hydrogens is 431 g/mol. The second kappa shape index (κ2) is 9.36. The molecule has 0 unspecified atom stereocenters. The number of guanidine groups is 1. The van der Waals surface area contributed by atoms with E-state index in [9.17, 15) is 0 Å². The quantitative estimate of drug-likeness (QED) is 0.409. The average Bonchev–Trinajstić information content (AvgIpc) is 2.91. The van der Waals surface area contributed by atoms with E-state index in [0.29, 0.717) is 6.54 Å². The molecule has 0 amide bonds. The third-order valence-electron chi connectivity index (χ3n) is 4.12. The lowest BCUT2D eigenvalue weighted by atomic mass is 10.1. The first-order valence-corrected chi connectivity index (χ1v) is 9.08. The maximum atomic E-state index is 4.85. The first kappa shape index (κ1) is 19.2. The second-order valence-corrected chi connectivity index (χ2v) is 7.22.